The van der Waals surface area contributed by atoms with Crippen molar-refractivity contribution in [2.45, 2.75) is 31.7 Å². The predicted octanol–water partition coefficient (Wildman–Crippen LogP) is 3.96. The number of benzene rings is 2. The Bertz CT molecular complexity index is 650. The van der Waals surface area contributed by atoms with Gasteiger partial charge in [0.2, 0.25) is 0 Å². The predicted molar refractivity (Wildman–Crippen MR) is 81.6 cm³/mol. The monoisotopic (exact) mass is 265 g/mol. The van der Waals surface area contributed by atoms with Gasteiger partial charge in [-0.15, -0.1) is 0 Å². The Morgan fingerprint density at radius 3 is 3.00 bits per heavy atom. The van der Waals surface area contributed by atoms with E-state index in [9.17, 15) is 0 Å². The largest absolute Gasteiger partial charge is 0.493 e. The third kappa shape index (κ3) is 1.87. The second kappa shape index (κ2) is 4.55. The van der Waals surface area contributed by atoms with E-state index < -0.39 is 0 Å². The molecule has 0 saturated heterocycles. The molecule has 0 fully saturated rings. The zero-order chi connectivity index (χ0) is 13.5. The van der Waals surface area contributed by atoms with Crippen LogP contribution in [-0.2, 0) is 6.42 Å². The summed E-state index contributed by atoms with van der Waals surface area (Å²) in [5.74, 6) is 1.57. The first kappa shape index (κ1) is 11.8. The minimum absolute atomic E-state index is 0.494. The van der Waals surface area contributed by atoms with Crippen molar-refractivity contribution in [1.82, 2.24) is 0 Å². The van der Waals surface area contributed by atoms with Gasteiger partial charge in [0.15, 0.2) is 0 Å². The van der Waals surface area contributed by atoms with Crippen LogP contribution in [-0.4, -0.2) is 12.6 Å². The van der Waals surface area contributed by atoms with E-state index in [-0.39, 0.29) is 0 Å². The summed E-state index contributed by atoms with van der Waals surface area (Å²) in [7, 11) is 0. The molecular weight excluding hydrogens is 246 g/mol. The van der Waals surface area contributed by atoms with E-state index in [0.29, 0.717) is 12.0 Å². The smallest absolute Gasteiger partial charge is 0.122 e. The number of fused-ring (bicyclic) bond motifs is 2. The highest BCUT2D eigenvalue weighted by atomic mass is 16.5. The number of anilines is 1. The zero-order valence-corrected chi connectivity index (χ0v) is 11.7. The summed E-state index contributed by atoms with van der Waals surface area (Å²) in [6.45, 7) is 3.09. The van der Waals surface area contributed by atoms with Crippen LogP contribution < -0.4 is 10.1 Å². The van der Waals surface area contributed by atoms with Crippen molar-refractivity contribution < 1.29 is 4.74 Å². The normalized spacial score (nSPS) is 23.4. The SMILES string of the molecule is CC1CC(c2ccc3c(c2)CCO3)c2ccccc2N1. The number of para-hydroxylation sites is 1. The third-order valence-electron chi connectivity index (χ3n) is 4.44. The lowest BCUT2D eigenvalue weighted by atomic mass is 9.82. The van der Waals surface area contributed by atoms with Crippen molar-refractivity contribution in [2.75, 3.05) is 11.9 Å². The van der Waals surface area contributed by atoms with Crippen LogP contribution in [0.1, 0.15) is 36.0 Å². The molecule has 0 aromatic heterocycles. The molecule has 2 heteroatoms. The maximum Gasteiger partial charge on any atom is 0.122 e. The first-order valence-corrected chi connectivity index (χ1v) is 7.42. The van der Waals surface area contributed by atoms with Crippen LogP contribution >= 0.6 is 0 Å². The molecule has 4 rings (SSSR count). The Morgan fingerprint density at radius 1 is 1.15 bits per heavy atom. The van der Waals surface area contributed by atoms with Gasteiger partial charge in [-0.3, -0.25) is 0 Å². The molecule has 0 bridgehead atoms. The molecular formula is C18H19NO. The van der Waals surface area contributed by atoms with Crippen LogP contribution in [0, 0.1) is 0 Å². The first-order chi connectivity index (χ1) is 9.81. The van der Waals surface area contributed by atoms with Gasteiger partial charge in [-0.2, -0.15) is 0 Å². The molecule has 2 aliphatic rings. The fourth-order valence-corrected chi connectivity index (χ4v) is 3.48. The van der Waals surface area contributed by atoms with Crippen molar-refractivity contribution in [3.63, 3.8) is 0 Å². The highest BCUT2D eigenvalue weighted by Crippen LogP contribution is 2.40. The van der Waals surface area contributed by atoms with Crippen molar-refractivity contribution in [3.05, 3.63) is 59.2 Å². The molecule has 2 aliphatic heterocycles. The van der Waals surface area contributed by atoms with E-state index in [4.69, 9.17) is 4.74 Å². The summed E-state index contributed by atoms with van der Waals surface area (Å²) < 4.78 is 5.62. The van der Waals surface area contributed by atoms with E-state index in [2.05, 4.69) is 54.7 Å². The zero-order valence-electron chi connectivity index (χ0n) is 11.7. The Balaban J connectivity index is 1.78. The summed E-state index contributed by atoms with van der Waals surface area (Å²) in [6, 6.07) is 15.9. The van der Waals surface area contributed by atoms with Gasteiger partial charge in [-0.25, -0.2) is 0 Å². The number of hydrogen-bond acceptors (Lipinski definition) is 2. The van der Waals surface area contributed by atoms with E-state index in [1.807, 2.05) is 0 Å². The van der Waals surface area contributed by atoms with E-state index in [1.54, 1.807) is 0 Å². The molecule has 0 amide bonds. The van der Waals surface area contributed by atoms with Crippen LogP contribution in [0.4, 0.5) is 5.69 Å². The van der Waals surface area contributed by atoms with Gasteiger partial charge in [0.25, 0.3) is 0 Å². The standard InChI is InChI=1S/C18H19NO/c1-12-10-16(15-4-2-3-5-17(15)19-12)13-6-7-18-14(11-13)8-9-20-18/h2-7,11-12,16,19H,8-10H2,1H3. The molecule has 2 atom stereocenters. The number of nitrogens with one attached hydrogen (secondary N) is 1. The fourth-order valence-electron chi connectivity index (χ4n) is 3.48. The molecule has 2 aromatic rings. The summed E-state index contributed by atoms with van der Waals surface area (Å²) in [6.07, 6.45) is 2.20. The van der Waals surface area contributed by atoms with Crippen molar-refractivity contribution in [1.29, 1.82) is 0 Å². The first-order valence-electron chi connectivity index (χ1n) is 7.42. The molecule has 1 N–H and O–H groups in total. The second-order valence-corrected chi connectivity index (χ2v) is 5.89. The molecule has 2 heterocycles. The minimum Gasteiger partial charge on any atom is -0.493 e. The maximum atomic E-state index is 5.62. The van der Waals surface area contributed by atoms with Gasteiger partial charge in [-0.05, 0) is 42.2 Å². The van der Waals surface area contributed by atoms with Gasteiger partial charge in [0.05, 0.1) is 6.61 Å². The average molecular weight is 265 g/mol. The molecule has 0 aliphatic carbocycles. The highest BCUT2D eigenvalue weighted by Gasteiger charge is 2.26. The molecule has 0 saturated carbocycles. The minimum atomic E-state index is 0.494. The molecule has 2 aromatic carbocycles. The molecule has 2 nitrogen and oxygen atoms in total. The molecule has 0 spiro atoms. The van der Waals surface area contributed by atoms with Crippen LogP contribution in [0.5, 0.6) is 5.75 Å². The number of ether oxygens (including phenoxy) is 1. The van der Waals surface area contributed by atoms with E-state index >= 15 is 0 Å². The van der Waals surface area contributed by atoms with Crippen molar-refractivity contribution >= 4 is 5.69 Å². The van der Waals surface area contributed by atoms with Gasteiger partial charge in [-0.1, -0.05) is 30.3 Å². The topological polar surface area (TPSA) is 21.3 Å². The third-order valence-corrected chi connectivity index (χ3v) is 4.44. The van der Waals surface area contributed by atoms with Crippen LogP contribution in [0.25, 0.3) is 0 Å². The van der Waals surface area contributed by atoms with Crippen LogP contribution in [0.3, 0.4) is 0 Å². The summed E-state index contributed by atoms with van der Waals surface area (Å²) in [5.41, 5.74) is 5.50. The summed E-state index contributed by atoms with van der Waals surface area (Å²) in [4.78, 5) is 0. The van der Waals surface area contributed by atoms with Gasteiger partial charge < -0.3 is 10.1 Å². The van der Waals surface area contributed by atoms with Gasteiger partial charge in [0.1, 0.15) is 5.75 Å². The lowest BCUT2D eigenvalue weighted by molar-refractivity contribution is 0.357. The Kier molecular flexibility index (Phi) is 2.69. The molecule has 0 radical (unpaired) electrons. The Morgan fingerprint density at radius 2 is 2.05 bits per heavy atom. The Labute approximate surface area is 119 Å². The Hall–Kier alpha value is -1.96. The number of rotatable bonds is 1. The second-order valence-electron chi connectivity index (χ2n) is 5.89. The fraction of sp³-hybridized carbons (Fsp3) is 0.333. The molecule has 20 heavy (non-hydrogen) atoms. The average Bonchev–Trinajstić information content (AvgIpc) is 2.93. The molecule has 2 unspecified atom stereocenters. The van der Waals surface area contributed by atoms with Crippen LogP contribution in [0.2, 0.25) is 0 Å². The van der Waals surface area contributed by atoms with Crippen molar-refractivity contribution in [2.24, 2.45) is 0 Å². The van der Waals surface area contributed by atoms with E-state index in [1.165, 1.54) is 22.4 Å². The quantitative estimate of drug-likeness (QED) is 0.842. The molecule has 102 valence electrons. The van der Waals surface area contributed by atoms with Gasteiger partial charge in [0, 0.05) is 24.1 Å². The van der Waals surface area contributed by atoms with Gasteiger partial charge >= 0.3 is 0 Å². The lowest BCUT2D eigenvalue weighted by Crippen LogP contribution is -2.25. The maximum absolute atomic E-state index is 5.62. The summed E-state index contributed by atoms with van der Waals surface area (Å²) >= 11 is 0. The highest BCUT2D eigenvalue weighted by molar-refractivity contribution is 5.58. The van der Waals surface area contributed by atoms with Crippen molar-refractivity contribution in [3.8, 4) is 5.75 Å². The van der Waals surface area contributed by atoms with E-state index in [0.717, 1.165) is 25.2 Å². The summed E-state index contributed by atoms with van der Waals surface area (Å²) in [5, 5.41) is 3.59. The lowest BCUT2D eigenvalue weighted by Gasteiger charge is -2.32. The van der Waals surface area contributed by atoms with Crippen LogP contribution in [0.15, 0.2) is 42.5 Å². The number of hydrogen-bond donors (Lipinski definition) is 1.